The standard InChI is InChI=1S/C25H24N2O6/c1-15-19(14-26)24(29)27(12-11-16-5-10-20(32-3)21(13-16)33-4)25(30)22(15)23(28)17-6-8-18(31-2)9-7-17/h5-10,13,30H,11-12H2,1-4H3. The topological polar surface area (TPSA) is 111 Å². The third kappa shape index (κ3) is 4.53. The molecule has 2 aromatic carbocycles. The average molecular weight is 448 g/mol. The van der Waals surface area contributed by atoms with Crippen molar-refractivity contribution in [2.24, 2.45) is 0 Å². The quantitative estimate of drug-likeness (QED) is 0.527. The molecule has 0 fully saturated rings. The van der Waals surface area contributed by atoms with E-state index in [1.54, 1.807) is 36.4 Å². The summed E-state index contributed by atoms with van der Waals surface area (Å²) in [5.41, 5.74) is 0.340. The van der Waals surface area contributed by atoms with Crippen LogP contribution in [-0.4, -0.2) is 36.8 Å². The van der Waals surface area contributed by atoms with Gasteiger partial charge in [0.05, 0.1) is 26.9 Å². The van der Waals surface area contributed by atoms with Gasteiger partial charge in [-0.3, -0.25) is 14.2 Å². The number of aromatic nitrogens is 1. The number of pyridine rings is 1. The summed E-state index contributed by atoms with van der Waals surface area (Å²) in [6.45, 7) is 1.53. The number of carbonyl (C=O) groups is 1. The largest absolute Gasteiger partial charge is 0.497 e. The fourth-order valence-corrected chi connectivity index (χ4v) is 3.59. The molecule has 8 heteroatoms. The van der Waals surface area contributed by atoms with Crippen molar-refractivity contribution in [3.63, 3.8) is 0 Å². The molecule has 3 rings (SSSR count). The van der Waals surface area contributed by atoms with Crippen molar-refractivity contribution in [3.8, 4) is 29.2 Å². The minimum Gasteiger partial charge on any atom is -0.497 e. The van der Waals surface area contributed by atoms with Crippen LogP contribution in [-0.2, 0) is 13.0 Å². The van der Waals surface area contributed by atoms with E-state index < -0.39 is 17.2 Å². The summed E-state index contributed by atoms with van der Waals surface area (Å²) in [4.78, 5) is 26.1. The number of nitrogens with zero attached hydrogens (tertiary/aromatic N) is 2. The van der Waals surface area contributed by atoms with Gasteiger partial charge < -0.3 is 19.3 Å². The molecule has 0 saturated heterocycles. The first-order chi connectivity index (χ1) is 15.9. The van der Waals surface area contributed by atoms with E-state index in [2.05, 4.69) is 0 Å². The van der Waals surface area contributed by atoms with Gasteiger partial charge in [-0.15, -0.1) is 0 Å². The molecule has 0 bridgehead atoms. The van der Waals surface area contributed by atoms with Gasteiger partial charge in [-0.2, -0.15) is 5.26 Å². The van der Waals surface area contributed by atoms with Crippen molar-refractivity contribution in [1.29, 1.82) is 5.26 Å². The predicted molar refractivity (Wildman–Crippen MR) is 121 cm³/mol. The van der Waals surface area contributed by atoms with Gasteiger partial charge in [-0.05, 0) is 60.9 Å². The Morgan fingerprint density at radius 1 is 1.03 bits per heavy atom. The van der Waals surface area contributed by atoms with E-state index in [-0.39, 0.29) is 23.2 Å². The van der Waals surface area contributed by atoms with Gasteiger partial charge in [-0.25, -0.2) is 0 Å². The fourth-order valence-electron chi connectivity index (χ4n) is 3.59. The van der Waals surface area contributed by atoms with Crippen LogP contribution in [0, 0.1) is 18.3 Å². The molecule has 0 aliphatic carbocycles. The van der Waals surface area contributed by atoms with Crippen molar-refractivity contribution < 1.29 is 24.1 Å². The summed E-state index contributed by atoms with van der Waals surface area (Å²) < 4.78 is 16.7. The first-order valence-electron chi connectivity index (χ1n) is 10.1. The Balaban J connectivity index is 2.03. The van der Waals surface area contributed by atoms with Gasteiger partial charge in [0.15, 0.2) is 17.3 Å². The number of methoxy groups -OCH3 is 3. The molecule has 0 saturated carbocycles. The summed E-state index contributed by atoms with van der Waals surface area (Å²) in [6.07, 6.45) is 0.345. The first-order valence-corrected chi connectivity index (χ1v) is 10.1. The maximum Gasteiger partial charge on any atom is 0.271 e. The van der Waals surface area contributed by atoms with Crippen LogP contribution < -0.4 is 19.8 Å². The van der Waals surface area contributed by atoms with Crippen molar-refractivity contribution >= 4 is 5.78 Å². The van der Waals surface area contributed by atoms with Crippen LogP contribution >= 0.6 is 0 Å². The Hall–Kier alpha value is -4.25. The van der Waals surface area contributed by atoms with E-state index in [1.807, 2.05) is 12.1 Å². The van der Waals surface area contributed by atoms with Crippen LogP contribution in [0.5, 0.6) is 23.1 Å². The maximum atomic E-state index is 13.2. The van der Waals surface area contributed by atoms with E-state index in [4.69, 9.17) is 14.2 Å². The lowest BCUT2D eigenvalue weighted by Gasteiger charge is -2.16. The SMILES string of the molecule is COc1ccc(C(=O)c2c(C)c(C#N)c(=O)n(CCc3ccc(OC)c(OC)c3)c2O)cc1. The van der Waals surface area contributed by atoms with Crippen LogP contribution in [0.15, 0.2) is 47.3 Å². The summed E-state index contributed by atoms with van der Waals surface area (Å²) in [6, 6.07) is 13.6. The zero-order valence-corrected chi connectivity index (χ0v) is 18.8. The van der Waals surface area contributed by atoms with Crippen LogP contribution in [0.4, 0.5) is 0 Å². The van der Waals surface area contributed by atoms with Crippen molar-refractivity contribution in [2.45, 2.75) is 19.9 Å². The van der Waals surface area contributed by atoms with Crippen molar-refractivity contribution in [1.82, 2.24) is 4.57 Å². The smallest absolute Gasteiger partial charge is 0.271 e. The van der Waals surface area contributed by atoms with E-state index in [0.29, 0.717) is 29.2 Å². The van der Waals surface area contributed by atoms with Crippen LogP contribution in [0.3, 0.4) is 0 Å². The number of ether oxygens (including phenoxy) is 3. The molecule has 33 heavy (non-hydrogen) atoms. The molecule has 0 atom stereocenters. The highest BCUT2D eigenvalue weighted by atomic mass is 16.5. The Morgan fingerprint density at radius 3 is 2.27 bits per heavy atom. The van der Waals surface area contributed by atoms with Crippen LogP contribution in [0.2, 0.25) is 0 Å². The molecule has 1 N–H and O–H groups in total. The number of rotatable bonds is 8. The summed E-state index contributed by atoms with van der Waals surface area (Å²) in [5.74, 6) is 0.700. The van der Waals surface area contributed by atoms with E-state index in [9.17, 15) is 20.0 Å². The number of hydrogen-bond acceptors (Lipinski definition) is 7. The van der Waals surface area contributed by atoms with Gasteiger partial charge in [0.25, 0.3) is 5.56 Å². The van der Waals surface area contributed by atoms with Gasteiger partial charge in [-0.1, -0.05) is 6.07 Å². The molecule has 0 radical (unpaired) electrons. The lowest BCUT2D eigenvalue weighted by atomic mass is 9.97. The second-order valence-electron chi connectivity index (χ2n) is 7.26. The Labute approximate surface area is 191 Å². The van der Waals surface area contributed by atoms with E-state index in [0.717, 1.165) is 10.1 Å². The normalized spacial score (nSPS) is 10.4. The monoisotopic (exact) mass is 448 g/mol. The molecular formula is C25H24N2O6. The van der Waals surface area contributed by atoms with E-state index >= 15 is 0 Å². The number of nitriles is 1. The average Bonchev–Trinajstić information content (AvgIpc) is 2.83. The summed E-state index contributed by atoms with van der Waals surface area (Å²) in [5, 5.41) is 20.5. The molecule has 170 valence electrons. The van der Waals surface area contributed by atoms with Gasteiger partial charge >= 0.3 is 0 Å². The van der Waals surface area contributed by atoms with Gasteiger partial charge in [0.1, 0.15) is 17.4 Å². The molecule has 0 aliphatic heterocycles. The highest BCUT2D eigenvalue weighted by Gasteiger charge is 2.25. The Bertz CT molecular complexity index is 1290. The summed E-state index contributed by atoms with van der Waals surface area (Å²) >= 11 is 0. The zero-order valence-electron chi connectivity index (χ0n) is 18.8. The van der Waals surface area contributed by atoms with Crippen molar-refractivity contribution in [2.75, 3.05) is 21.3 Å². The molecule has 3 aromatic rings. The fraction of sp³-hybridized carbons (Fsp3) is 0.240. The van der Waals surface area contributed by atoms with E-state index in [1.165, 1.54) is 28.3 Å². The number of aryl methyl sites for hydroxylation is 1. The summed E-state index contributed by atoms with van der Waals surface area (Å²) in [7, 11) is 4.57. The molecule has 0 aliphatic rings. The number of hydrogen-bond donors (Lipinski definition) is 1. The number of carbonyl (C=O) groups excluding carboxylic acids is 1. The van der Waals surface area contributed by atoms with Crippen LogP contribution in [0.25, 0.3) is 0 Å². The van der Waals surface area contributed by atoms with Gasteiger partial charge in [0, 0.05) is 12.1 Å². The molecule has 1 aromatic heterocycles. The van der Waals surface area contributed by atoms with Crippen molar-refractivity contribution in [3.05, 3.63) is 80.6 Å². The molecule has 0 spiro atoms. The number of benzene rings is 2. The number of ketones is 1. The molecule has 1 heterocycles. The second-order valence-corrected chi connectivity index (χ2v) is 7.26. The van der Waals surface area contributed by atoms with Gasteiger partial charge in [0.2, 0.25) is 5.88 Å². The zero-order chi connectivity index (χ0) is 24.1. The molecule has 0 amide bonds. The predicted octanol–water partition coefficient (Wildman–Crippen LogP) is 3.23. The molecular weight excluding hydrogens is 424 g/mol. The molecule has 0 unspecified atom stereocenters. The van der Waals surface area contributed by atoms with Crippen LogP contribution in [0.1, 0.15) is 32.6 Å². The first kappa shape index (κ1) is 23.4. The Morgan fingerprint density at radius 2 is 1.70 bits per heavy atom. The minimum atomic E-state index is -0.653. The maximum absolute atomic E-state index is 13.2. The highest BCUT2D eigenvalue weighted by Crippen LogP contribution is 2.29. The molecule has 8 nitrogen and oxygen atoms in total. The third-order valence-corrected chi connectivity index (χ3v) is 5.45. The highest BCUT2D eigenvalue weighted by molar-refractivity contribution is 6.11. The third-order valence-electron chi connectivity index (χ3n) is 5.45. The second kappa shape index (κ2) is 9.92. The minimum absolute atomic E-state index is 0.0536. The lowest BCUT2D eigenvalue weighted by Crippen LogP contribution is -2.27. The Kier molecular flexibility index (Phi) is 7.04. The lowest BCUT2D eigenvalue weighted by molar-refractivity contribution is 0.103. The number of aromatic hydroxyl groups is 1.